The number of benzene rings is 2. The summed E-state index contributed by atoms with van der Waals surface area (Å²) < 4.78 is 1.24. The van der Waals surface area contributed by atoms with Gasteiger partial charge in [0.15, 0.2) is 5.75 Å². The number of aromatic hydroxyl groups is 1. The van der Waals surface area contributed by atoms with Crippen LogP contribution in [0.5, 0.6) is 5.75 Å². The second kappa shape index (κ2) is 10.1. The van der Waals surface area contributed by atoms with Crippen molar-refractivity contribution in [3.05, 3.63) is 72.1 Å². The van der Waals surface area contributed by atoms with Crippen LogP contribution in [0.2, 0.25) is 0 Å². The molecule has 0 fully saturated rings. The van der Waals surface area contributed by atoms with Crippen LogP contribution in [0.4, 0.5) is 17.3 Å². The van der Waals surface area contributed by atoms with E-state index in [9.17, 15) is 9.90 Å². The lowest BCUT2D eigenvalue weighted by Crippen LogP contribution is -2.12. The second-order valence-electron chi connectivity index (χ2n) is 6.73. The van der Waals surface area contributed by atoms with Gasteiger partial charge in [0.25, 0.3) is 11.9 Å². The van der Waals surface area contributed by atoms with Crippen molar-refractivity contribution in [1.82, 2.24) is 14.8 Å². The molecule has 162 valence electrons. The maximum atomic E-state index is 12.9. The first-order chi connectivity index (χ1) is 15.4. The lowest BCUT2D eigenvalue weighted by atomic mass is 9.99. The predicted octanol–water partition coefficient (Wildman–Crippen LogP) is 5.56. The molecule has 1 heterocycles. The van der Waals surface area contributed by atoms with Crippen molar-refractivity contribution in [2.45, 2.75) is 20.3 Å². The van der Waals surface area contributed by atoms with E-state index in [1.165, 1.54) is 17.1 Å². The minimum absolute atomic E-state index is 0.0100. The van der Waals surface area contributed by atoms with Crippen LogP contribution in [0.3, 0.4) is 0 Å². The number of nitrogens with zero attached hydrogens (tertiary/aromatic N) is 5. The summed E-state index contributed by atoms with van der Waals surface area (Å²) in [6.45, 7) is 7.36. The number of azo groups is 1. The first-order valence-electron chi connectivity index (χ1n) is 9.88. The molecule has 0 aliphatic rings. The Labute approximate surface area is 185 Å². The number of phenolic OH excluding ortho intramolecular Hbond substituents is 1. The topological polar surface area (TPSA) is 129 Å². The normalized spacial score (nSPS) is 11.2. The number of aromatic nitrogens is 3. The van der Waals surface area contributed by atoms with Crippen molar-refractivity contribution in [2.75, 3.05) is 5.32 Å². The predicted molar refractivity (Wildman–Crippen MR) is 125 cm³/mol. The zero-order chi connectivity index (χ0) is 23.1. The number of phenols is 1. The lowest BCUT2D eigenvalue weighted by Gasteiger charge is -2.13. The van der Waals surface area contributed by atoms with E-state index in [2.05, 4.69) is 32.2 Å². The highest BCUT2D eigenvalue weighted by atomic mass is 16.3. The zero-order valence-electron chi connectivity index (χ0n) is 17.8. The molecule has 0 spiro atoms. The molecule has 0 aliphatic heterocycles. The SMILES string of the molecule is C=Cc1c(C=CCC)cc(C(=O)Nc2ccccc2)c(O)c1N=Nc1ncn(C(C)=N)n1. The standard InChI is InChI=1S/C23H23N7O2/c1-4-6-10-16-13-19(22(32)26-17-11-8-7-9-12-17)21(31)20(18(16)5-2)27-28-23-25-14-30(29-23)15(3)24/h5-14,24,31H,2,4H2,1,3H3,(H,26,32). The highest BCUT2D eigenvalue weighted by Crippen LogP contribution is 2.39. The Bertz CT molecular complexity index is 1210. The molecule has 3 rings (SSSR count). The van der Waals surface area contributed by atoms with Gasteiger partial charge in [0.2, 0.25) is 0 Å². The van der Waals surface area contributed by atoms with Crippen molar-refractivity contribution in [3.8, 4) is 5.75 Å². The van der Waals surface area contributed by atoms with Crippen LogP contribution in [-0.2, 0) is 0 Å². The molecule has 1 aromatic heterocycles. The van der Waals surface area contributed by atoms with Crippen molar-refractivity contribution >= 4 is 41.2 Å². The van der Waals surface area contributed by atoms with Crippen molar-refractivity contribution in [1.29, 1.82) is 5.41 Å². The van der Waals surface area contributed by atoms with Gasteiger partial charge in [-0.3, -0.25) is 10.2 Å². The summed E-state index contributed by atoms with van der Waals surface area (Å²) in [6.07, 6.45) is 7.42. The van der Waals surface area contributed by atoms with E-state index >= 15 is 0 Å². The summed E-state index contributed by atoms with van der Waals surface area (Å²) in [4.78, 5) is 16.9. The van der Waals surface area contributed by atoms with Gasteiger partial charge in [0.05, 0.1) is 5.56 Å². The molecular formula is C23H23N7O2. The molecule has 9 nitrogen and oxygen atoms in total. The molecule has 3 aromatic rings. The average Bonchev–Trinajstić information content (AvgIpc) is 3.27. The molecule has 9 heteroatoms. The Hall–Kier alpha value is -4.40. The third kappa shape index (κ3) is 5.01. The van der Waals surface area contributed by atoms with E-state index in [1.54, 1.807) is 37.3 Å². The van der Waals surface area contributed by atoms with Crippen LogP contribution >= 0.6 is 0 Å². The van der Waals surface area contributed by atoms with Gasteiger partial charge in [0, 0.05) is 11.3 Å². The molecule has 0 saturated carbocycles. The number of rotatable bonds is 7. The van der Waals surface area contributed by atoms with Crippen LogP contribution in [0.1, 0.15) is 41.8 Å². The fraction of sp³-hybridized carbons (Fsp3) is 0.130. The summed E-state index contributed by atoms with van der Waals surface area (Å²) >= 11 is 0. The van der Waals surface area contributed by atoms with Crippen LogP contribution in [0, 0.1) is 5.41 Å². The molecule has 0 saturated heterocycles. The number of hydrogen-bond acceptors (Lipinski definition) is 7. The fourth-order valence-corrected chi connectivity index (χ4v) is 2.84. The highest BCUT2D eigenvalue weighted by molar-refractivity contribution is 6.08. The molecule has 2 aromatic carbocycles. The first-order valence-corrected chi connectivity index (χ1v) is 9.88. The van der Waals surface area contributed by atoms with Crippen LogP contribution < -0.4 is 5.32 Å². The van der Waals surface area contributed by atoms with Crippen LogP contribution in [0.15, 0.2) is 65.6 Å². The van der Waals surface area contributed by atoms with Gasteiger partial charge in [-0.05, 0) is 37.1 Å². The smallest absolute Gasteiger partial charge is 0.287 e. The molecular weight excluding hydrogens is 406 g/mol. The largest absolute Gasteiger partial charge is 0.505 e. The van der Waals surface area contributed by atoms with E-state index < -0.39 is 5.91 Å². The Balaban J connectivity index is 2.08. The Morgan fingerprint density at radius 2 is 2.06 bits per heavy atom. The number of nitrogens with one attached hydrogen (secondary N) is 2. The Kier molecular flexibility index (Phi) is 7.02. The maximum absolute atomic E-state index is 12.9. The maximum Gasteiger partial charge on any atom is 0.287 e. The minimum Gasteiger partial charge on any atom is -0.505 e. The summed E-state index contributed by atoms with van der Waals surface area (Å²) in [5.74, 6) is -0.655. The number of anilines is 1. The molecule has 3 N–H and O–H groups in total. The third-order valence-corrected chi connectivity index (χ3v) is 4.42. The van der Waals surface area contributed by atoms with Gasteiger partial charge >= 0.3 is 0 Å². The van der Waals surface area contributed by atoms with Crippen molar-refractivity contribution in [2.24, 2.45) is 10.2 Å². The monoisotopic (exact) mass is 429 g/mol. The summed E-state index contributed by atoms with van der Waals surface area (Å²) in [6, 6.07) is 10.5. The molecule has 0 atom stereocenters. The molecule has 0 radical (unpaired) electrons. The van der Waals surface area contributed by atoms with Gasteiger partial charge in [-0.25, -0.2) is 4.68 Å². The van der Waals surface area contributed by atoms with Gasteiger partial charge < -0.3 is 10.4 Å². The third-order valence-electron chi connectivity index (χ3n) is 4.42. The lowest BCUT2D eigenvalue weighted by molar-refractivity contribution is 0.102. The Morgan fingerprint density at radius 1 is 1.31 bits per heavy atom. The minimum atomic E-state index is -0.492. The van der Waals surface area contributed by atoms with Gasteiger partial charge in [-0.1, -0.05) is 49.9 Å². The molecule has 0 bridgehead atoms. The van der Waals surface area contributed by atoms with E-state index in [0.717, 1.165) is 6.42 Å². The number of hydrogen-bond donors (Lipinski definition) is 3. The second-order valence-corrected chi connectivity index (χ2v) is 6.73. The number of carbonyl (C=O) groups excluding carboxylic acids is 1. The zero-order valence-corrected chi connectivity index (χ0v) is 17.8. The number of carbonyl (C=O) groups is 1. The van der Waals surface area contributed by atoms with E-state index in [0.29, 0.717) is 16.8 Å². The Morgan fingerprint density at radius 3 is 2.69 bits per heavy atom. The summed E-state index contributed by atoms with van der Waals surface area (Å²) in [7, 11) is 0. The van der Waals surface area contributed by atoms with Crippen LogP contribution in [-0.4, -0.2) is 31.6 Å². The van der Waals surface area contributed by atoms with E-state index in [-0.39, 0.29) is 28.8 Å². The molecule has 1 amide bonds. The van der Waals surface area contributed by atoms with E-state index in [1.807, 2.05) is 25.1 Å². The molecule has 32 heavy (non-hydrogen) atoms. The number of para-hydroxylation sites is 1. The van der Waals surface area contributed by atoms with Gasteiger partial charge in [0.1, 0.15) is 17.9 Å². The summed E-state index contributed by atoms with van der Waals surface area (Å²) in [5.41, 5.74) is 1.86. The number of allylic oxidation sites excluding steroid dienone is 1. The average molecular weight is 429 g/mol. The van der Waals surface area contributed by atoms with Gasteiger partial charge in [-0.15, -0.1) is 15.3 Å². The molecule has 0 unspecified atom stereocenters. The molecule has 0 aliphatic carbocycles. The van der Waals surface area contributed by atoms with Gasteiger partial charge in [-0.2, -0.15) is 4.98 Å². The highest BCUT2D eigenvalue weighted by Gasteiger charge is 2.20. The van der Waals surface area contributed by atoms with Crippen molar-refractivity contribution in [3.63, 3.8) is 0 Å². The fourth-order valence-electron chi connectivity index (χ4n) is 2.84. The quantitative estimate of drug-likeness (QED) is 0.258. The van der Waals surface area contributed by atoms with E-state index in [4.69, 9.17) is 5.41 Å². The number of amides is 1. The van der Waals surface area contributed by atoms with Crippen LogP contribution in [0.25, 0.3) is 12.2 Å². The van der Waals surface area contributed by atoms with Crippen molar-refractivity contribution < 1.29 is 9.90 Å². The first kappa shape index (κ1) is 22.3. The summed E-state index contributed by atoms with van der Waals surface area (Å²) in [5, 5.41) is 33.4.